The molecule has 0 spiro atoms. The summed E-state index contributed by atoms with van der Waals surface area (Å²) in [4.78, 5) is 0.679. The molecule has 1 aromatic rings. The molecule has 1 fully saturated rings. The van der Waals surface area contributed by atoms with Gasteiger partial charge in [0, 0.05) is 9.85 Å². The summed E-state index contributed by atoms with van der Waals surface area (Å²) < 4.78 is 0. The molecule has 0 amide bonds. The van der Waals surface area contributed by atoms with Crippen molar-refractivity contribution in [2.45, 2.75) is 43.9 Å². The third kappa shape index (κ3) is 3.01. The lowest BCUT2D eigenvalue weighted by Gasteiger charge is -2.27. The lowest BCUT2D eigenvalue weighted by molar-refractivity contribution is 0.373. The molecule has 1 aliphatic rings. The van der Waals surface area contributed by atoms with Crippen LogP contribution in [0.5, 0.6) is 0 Å². The van der Waals surface area contributed by atoms with Crippen LogP contribution < -0.4 is 0 Å². The van der Waals surface area contributed by atoms with Crippen LogP contribution in [0.3, 0.4) is 0 Å². The maximum Gasteiger partial charge on any atom is 0.0440 e. The molecule has 2 heteroatoms. The number of benzene rings is 1. The quantitative estimate of drug-likeness (QED) is 0.663. The summed E-state index contributed by atoms with van der Waals surface area (Å²) in [6.07, 6.45) is 6.51. The van der Waals surface area contributed by atoms with Crippen molar-refractivity contribution in [3.63, 3.8) is 0 Å². The van der Waals surface area contributed by atoms with Gasteiger partial charge < -0.3 is 0 Å². The number of hydrogen-bond acceptors (Lipinski definition) is 0. The Balaban J connectivity index is 2.07. The predicted molar refractivity (Wildman–Crippen MR) is 74.6 cm³/mol. The summed E-state index contributed by atoms with van der Waals surface area (Å²) in [7, 11) is 0. The first-order valence-electron chi connectivity index (χ1n) is 6.06. The maximum absolute atomic E-state index is 6.28. The van der Waals surface area contributed by atoms with Crippen molar-refractivity contribution in [1.82, 2.24) is 0 Å². The molecule has 1 saturated carbocycles. The normalized spacial score (nSPS) is 25.7. The maximum atomic E-state index is 6.28. The Morgan fingerprint density at radius 1 is 1.31 bits per heavy atom. The highest BCUT2D eigenvalue weighted by Gasteiger charge is 2.23. The standard InChI is InChI=1S/C14H18BrCl/c1-10-6-7-12(14(16)8-10)9-11-4-2-3-5-13(11)15/h6-8,11,13H,2-5,9H2,1H3. The van der Waals surface area contributed by atoms with Gasteiger partial charge in [-0.1, -0.05) is 52.5 Å². The van der Waals surface area contributed by atoms with Crippen LogP contribution >= 0.6 is 27.5 Å². The van der Waals surface area contributed by atoms with Gasteiger partial charge in [-0.05, 0) is 49.3 Å². The first-order valence-corrected chi connectivity index (χ1v) is 7.35. The van der Waals surface area contributed by atoms with E-state index < -0.39 is 0 Å². The van der Waals surface area contributed by atoms with Crippen LogP contribution in [0.4, 0.5) is 0 Å². The fourth-order valence-corrected chi connectivity index (χ4v) is 3.58. The van der Waals surface area contributed by atoms with Crippen molar-refractivity contribution in [3.05, 3.63) is 34.3 Å². The van der Waals surface area contributed by atoms with E-state index in [9.17, 15) is 0 Å². The van der Waals surface area contributed by atoms with Gasteiger partial charge in [-0.3, -0.25) is 0 Å². The SMILES string of the molecule is Cc1ccc(CC2CCCCC2Br)c(Cl)c1. The second kappa shape index (κ2) is 5.55. The molecule has 1 aliphatic carbocycles. The van der Waals surface area contributed by atoms with Crippen LogP contribution in [0.15, 0.2) is 18.2 Å². The van der Waals surface area contributed by atoms with Crippen molar-refractivity contribution in [1.29, 1.82) is 0 Å². The average molecular weight is 302 g/mol. The monoisotopic (exact) mass is 300 g/mol. The third-order valence-electron chi connectivity index (χ3n) is 3.51. The molecule has 2 rings (SSSR count). The topological polar surface area (TPSA) is 0 Å². The lowest BCUT2D eigenvalue weighted by Crippen LogP contribution is -2.21. The van der Waals surface area contributed by atoms with Gasteiger partial charge >= 0.3 is 0 Å². The highest BCUT2D eigenvalue weighted by Crippen LogP contribution is 2.33. The molecule has 88 valence electrons. The molecule has 0 radical (unpaired) electrons. The highest BCUT2D eigenvalue weighted by atomic mass is 79.9. The molecule has 0 N–H and O–H groups in total. The highest BCUT2D eigenvalue weighted by molar-refractivity contribution is 9.09. The second-order valence-corrected chi connectivity index (χ2v) is 6.44. The summed E-state index contributed by atoms with van der Waals surface area (Å²) in [5, 5.41) is 0.935. The van der Waals surface area contributed by atoms with Crippen molar-refractivity contribution in [2.24, 2.45) is 5.92 Å². The van der Waals surface area contributed by atoms with Gasteiger partial charge in [0.15, 0.2) is 0 Å². The zero-order valence-corrected chi connectivity index (χ0v) is 12.0. The van der Waals surface area contributed by atoms with E-state index in [1.54, 1.807) is 0 Å². The summed E-state index contributed by atoms with van der Waals surface area (Å²) in [6, 6.07) is 6.42. The van der Waals surface area contributed by atoms with E-state index in [2.05, 4.69) is 41.1 Å². The molecule has 0 heterocycles. The van der Waals surface area contributed by atoms with Gasteiger partial charge in [0.2, 0.25) is 0 Å². The molecule has 0 bridgehead atoms. The molecule has 16 heavy (non-hydrogen) atoms. The molecule has 2 atom stereocenters. The third-order valence-corrected chi connectivity index (χ3v) is 5.06. The van der Waals surface area contributed by atoms with Crippen LogP contribution in [0.25, 0.3) is 0 Å². The van der Waals surface area contributed by atoms with E-state index in [1.807, 2.05) is 0 Å². The zero-order valence-electron chi connectivity index (χ0n) is 9.68. The predicted octanol–water partition coefficient (Wildman–Crippen LogP) is 5.14. The van der Waals surface area contributed by atoms with Crippen molar-refractivity contribution < 1.29 is 0 Å². The summed E-state index contributed by atoms with van der Waals surface area (Å²) in [5.74, 6) is 0.758. The van der Waals surface area contributed by atoms with Gasteiger partial charge in [0.1, 0.15) is 0 Å². The fraction of sp³-hybridized carbons (Fsp3) is 0.571. The van der Waals surface area contributed by atoms with Crippen LogP contribution in [0.1, 0.15) is 36.8 Å². The Bertz CT molecular complexity index is 362. The van der Waals surface area contributed by atoms with Crippen LogP contribution in [-0.4, -0.2) is 4.83 Å². The second-order valence-electron chi connectivity index (χ2n) is 4.86. The number of aryl methyl sites for hydroxylation is 1. The zero-order chi connectivity index (χ0) is 11.5. The molecule has 0 aromatic heterocycles. The Morgan fingerprint density at radius 2 is 2.06 bits per heavy atom. The summed E-state index contributed by atoms with van der Waals surface area (Å²) >= 11 is 10.1. The summed E-state index contributed by atoms with van der Waals surface area (Å²) in [6.45, 7) is 2.09. The van der Waals surface area contributed by atoms with Crippen LogP contribution in [-0.2, 0) is 6.42 Å². The number of alkyl halides is 1. The van der Waals surface area contributed by atoms with E-state index >= 15 is 0 Å². The van der Waals surface area contributed by atoms with Crippen molar-refractivity contribution in [2.75, 3.05) is 0 Å². The van der Waals surface area contributed by atoms with Crippen LogP contribution in [0.2, 0.25) is 5.02 Å². The molecular formula is C14H18BrCl. The molecular weight excluding hydrogens is 284 g/mol. The van der Waals surface area contributed by atoms with Gasteiger partial charge in [0.05, 0.1) is 0 Å². The molecule has 1 aromatic carbocycles. The smallest absolute Gasteiger partial charge is 0.0440 e. The molecule has 0 nitrogen and oxygen atoms in total. The first kappa shape index (κ1) is 12.4. The molecule has 2 unspecified atom stereocenters. The Kier molecular flexibility index (Phi) is 4.32. The van der Waals surface area contributed by atoms with E-state index in [-0.39, 0.29) is 0 Å². The van der Waals surface area contributed by atoms with E-state index in [0.29, 0.717) is 4.83 Å². The molecule has 0 aliphatic heterocycles. The molecule has 0 saturated heterocycles. The number of halogens is 2. The minimum absolute atomic E-state index is 0.679. The Hall–Kier alpha value is -0.0100. The van der Waals surface area contributed by atoms with Crippen molar-refractivity contribution in [3.8, 4) is 0 Å². The number of hydrogen-bond donors (Lipinski definition) is 0. The van der Waals surface area contributed by atoms with E-state index in [4.69, 9.17) is 11.6 Å². The van der Waals surface area contributed by atoms with Gasteiger partial charge in [-0.15, -0.1) is 0 Å². The van der Waals surface area contributed by atoms with Crippen molar-refractivity contribution >= 4 is 27.5 Å². The first-order chi connectivity index (χ1) is 7.66. The Morgan fingerprint density at radius 3 is 2.75 bits per heavy atom. The largest absolute Gasteiger partial charge is 0.0888 e. The minimum Gasteiger partial charge on any atom is -0.0888 e. The van der Waals surface area contributed by atoms with Crippen LogP contribution in [0, 0.1) is 12.8 Å². The van der Waals surface area contributed by atoms with Gasteiger partial charge in [-0.2, -0.15) is 0 Å². The van der Waals surface area contributed by atoms with E-state index in [1.165, 1.54) is 36.8 Å². The fourth-order valence-electron chi connectivity index (χ4n) is 2.49. The number of rotatable bonds is 2. The van der Waals surface area contributed by atoms with Gasteiger partial charge in [0.25, 0.3) is 0 Å². The average Bonchev–Trinajstić information content (AvgIpc) is 2.25. The Labute approximate surface area is 112 Å². The van der Waals surface area contributed by atoms with Gasteiger partial charge in [-0.25, -0.2) is 0 Å². The summed E-state index contributed by atoms with van der Waals surface area (Å²) in [5.41, 5.74) is 2.55. The van der Waals surface area contributed by atoms with E-state index in [0.717, 1.165) is 17.4 Å². The minimum atomic E-state index is 0.679. The lowest BCUT2D eigenvalue weighted by atomic mass is 9.84.